The van der Waals surface area contributed by atoms with Crippen LogP contribution in [0.2, 0.25) is 5.15 Å². The van der Waals surface area contributed by atoms with Gasteiger partial charge in [-0.15, -0.1) is 0 Å². The molecule has 2 rings (SSSR count). The predicted octanol–water partition coefficient (Wildman–Crippen LogP) is 1.65. The summed E-state index contributed by atoms with van der Waals surface area (Å²) in [5, 5.41) is 1.20. The number of fused-ring (bicyclic) bond motifs is 1. The van der Waals surface area contributed by atoms with Crippen molar-refractivity contribution in [1.29, 1.82) is 0 Å². The van der Waals surface area contributed by atoms with Gasteiger partial charge >= 0.3 is 5.97 Å². The maximum Gasteiger partial charge on any atom is 0.308 e. The number of ether oxygens (including phenoxy) is 2. The van der Waals surface area contributed by atoms with Gasteiger partial charge in [0.15, 0.2) is 17.0 Å². The van der Waals surface area contributed by atoms with Gasteiger partial charge in [-0.05, 0) is 16.6 Å². The third-order valence-corrected chi connectivity index (χ3v) is 2.91. The molecular weight excluding hydrogens is 256 g/mol. The summed E-state index contributed by atoms with van der Waals surface area (Å²) in [6.45, 7) is 1.33. The van der Waals surface area contributed by atoms with E-state index in [1.165, 1.54) is 14.0 Å². The fourth-order valence-corrected chi connectivity index (χ4v) is 1.80. The predicted molar refractivity (Wildman–Crippen MR) is 65.8 cm³/mol. The third kappa shape index (κ3) is 2.22. The number of hydrogen-bond donors (Lipinski definition) is 0. The molecule has 0 unspecified atom stereocenters. The molecule has 0 fully saturated rings. The van der Waals surface area contributed by atoms with Crippen LogP contribution in [0.4, 0.5) is 0 Å². The zero-order valence-corrected chi connectivity index (χ0v) is 11.0. The van der Waals surface area contributed by atoms with Crippen molar-refractivity contribution in [2.75, 3.05) is 7.11 Å². The SMILES string of the molecule is COc1cc2nc[n+](C)c(Cl)c2cc1OC(C)=O. The zero-order chi connectivity index (χ0) is 13.3. The number of hydrogen-bond acceptors (Lipinski definition) is 4. The molecule has 0 aliphatic rings. The topological polar surface area (TPSA) is 52.3 Å². The van der Waals surface area contributed by atoms with Crippen molar-refractivity contribution in [2.24, 2.45) is 7.05 Å². The molecule has 0 spiro atoms. The second kappa shape index (κ2) is 4.78. The van der Waals surface area contributed by atoms with Crippen LogP contribution >= 0.6 is 11.6 Å². The average molecular weight is 268 g/mol. The highest BCUT2D eigenvalue weighted by Crippen LogP contribution is 2.33. The summed E-state index contributed by atoms with van der Waals surface area (Å²) in [4.78, 5) is 15.3. The lowest BCUT2D eigenvalue weighted by Gasteiger charge is -2.08. The number of rotatable bonds is 2. The van der Waals surface area contributed by atoms with Crippen LogP contribution in [0.1, 0.15) is 6.92 Å². The highest BCUT2D eigenvalue weighted by Gasteiger charge is 2.16. The molecule has 0 amide bonds. The van der Waals surface area contributed by atoms with Crippen molar-refractivity contribution in [3.8, 4) is 11.5 Å². The Morgan fingerprint density at radius 1 is 1.39 bits per heavy atom. The summed E-state index contributed by atoms with van der Waals surface area (Å²) >= 11 is 6.17. The Morgan fingerprint density at radius 2 is 2.11 bits per heavy atom. The van der Waals surface area contributed by atoms with Gasteiger partial charge in [-0.2, -0.15) is 0 Å². The van der Waals surface area contributed by atoms with Crippen LogP contribution in [0, 0.1) is 0 Å². The molecule has 0 bridgehead atoms. The molecule has 0 saturated carbocycles. The van der Waals surface area contributed by atoms with Crippen LogP contribution in [0.15, 0.2) is 18.5 Å². The van der Waals surface area contributed by atoms with Crippen LogP contribution in [0.25, 0.3) is 10.9 Å². The van der Waals surface area contributed by atoms with E-state index in [9.17, 15) is 4.79 Å². The molecule has 0 N–H and O–H groups in total. The first-order valence-corrected chi connectivity index (χ1v) is 5.61. The van der Waals surface area contributed by atoms with Crippen molar-refractivity contribution in [1.82, 2.24) is 4.98 Å². The van der Waals surface area contributed by atoms with Crippen molar-refractivity contribution in [2.45, 2.75) is 6.92 Å². The molecule has 0 aliphatic carbocycles. The van der Waals surface area contributed by atoms with E-state index < -0.39 is 5.97 Å². The molecule has 1 heterocycles. The van der Waals surface area contributed by atoms with Gasteiger partial charge in [0.25, 0.3) is 6.33 Å². The number of esters is 1. The van der Waals surface area contributed by atoms with Gasteiger partial charge in [-0.1, -0.05) is 0 Å². The van der Waals surface area contributed by atoms with Crippen LogP contribution in [-0.4, -0.2) is 18.1 Å². The molecule has 0 atom stereocenters. The maximum absolute atomic E-state index is 11.0. The molecule has 2 aromatic rings. The number of carbonyl (C=O) groups excluding carboxylic acids is 1. The van der Waals surface area contributed by atoms with E-state index >= 15 is 0 Å². The quantitative estimate of drug-likeness (QED) is 0.359. The summed E-state index contributed by atoms with van der Waals surface area (Å²) in [6.07, 6.45) is 1.61. The van der Waals surface area contributed by atoms with E-state index in [1.807, 2.05) is 0 Å². The lowest BCUT2D eigenvalue weighted by atomic mass is 10.2. The first-order chi connectivity index (χ1) is 8.52. The Labute approximate surface area is 109 Å². The fourth-order valence-electron chi connectivity index (χ4n) is 1.60. The number of halogens is 1. The van der Waals surface area contributed by atoms with Gasteiger partial charge in [-0.25, -0.2) is 4.57 Å². The Kier molecular flexibility index (Phi) is 3.34. The molecule has 6 heteroatoms. The third-order valence-electron chi connectivity index (χ3n) is 2.44. The Hall–Kier alpha value is -1.88. The van der Waals surface area contributed by atoms with E-state index in [-0.39, 0.29) is 0 Å². The highest BCUT2D eigenvalue weighted by molar-refractivity contribution is 6.33. The summed E-state index contributed by atoms with van der Waals surface area (Å²) < 4.78 is 11.9. The molecule has 0 radical (unpaired) electrons. The number of carbonyl (C=O) groups is 1. The first kappa shape index (κ1) is 12.6. The van der Waals surface area contributed by atoms with E-state index in [1.54, 1.807) is 30.1 Å². The maximum atomic E-state index is 11.0. The minimum absolute atomic E-state index is 0.326. The summed E-state index contributed by atoms with van der Waals surface area (Å²) in [6, 6.07) is 3.32. The molecule has 0 saturated heterocycles. The molecule has 1 aromatic heterocycles. The van der Waals surface area contributed by atoms with Crippen LogP contribution in [-0.2, 0) is 11.8 Å². The number of nitrogens with zero attached hydrogens (tertiary/aromatic N) is 2. The van der Waals surface area contributed by atoms with Gasteiger partial charge in [0.1, 0.15) is 0 Å². The Balaban J connectivity index is 2.69. The summed E-state index contributed by atoms with van der Waals surface area (Å²) in [5.74, 6) is 0.347. The van der Waals surface area contributed by atoms with Crippen LogP contribution in [0.5, 0.6) is 11.5 Å². The van der Waals surface area contributed by atoms with Gasteiger partial charge < -0.3 is 9.47 Å². The number of benzene rings is 1. The van der Waals surface area contributed by atoms with Gasteiger partial charge in [0.05, 0.1) is 19.5 Å². The standard InChI is InChI=1S/C12H12ClN2O3/c1-7(16)18-11-4-8-9(5-10(11)17-3)14-6-15(2)12(8)13/h4-6H,1-3H3/q+1. The number of methoxy groups -OCH3 is 1. The number of aryl methyl sites for hydroxylation is 1. The van der Waals surface area contributed by atoms with Crippen LogP contribution < -0.4 is 14.0 Å². The normalized spacial score (nSPS) is 10.4. The average Bonchev–Trinajstić information content (AvgIpc) is 2.33. The van der Waals surface area contributed by atoms with Gasteiger partial charge in [0, 0.05) is 19.1 Å². The minimum atomic E-state index is -0.419. The van der Waals surface area contributed by atoms with E-state index in [4.69, 9.17) is 21.1 Å². The second-order valence-corrected chi connectivity index (χ2v) is 4.12. The summed E-state index contributed by atoms with van der Waals surface area (Å²) in [7, 11) is 3.28. The molecule has 1 aromatic carbocycles. The largest absolute Gasteiger partial charge is 0.493 e. The Morgan fingerprint density at radius 3 is 2.72 bits per heavy atom. The monoisotopic (exact) mass is 267 g/mol. The second-order valence-electron chi connectivity index (χ2n) is 3.76. The van der Waals surface area contributed by atoms with Crippen molar-refractivity contribution in [3.05, 3.63) is 23.6 Å². The molecule has 5 nitrogen and oxygen atoms in total. The molecule has 0 aliphatic heterocycles. The lowest BCUT2D eigenvalue weighted by molar-refractivity contribution is -0.670. The van der Waals surface area contributed by atoms with Gasteiger partial charge in [-0.3, -0.25) is 4.79 Å². The summed E-state index contributed by atoms with van der Waals surface area (Å²) in [5.41, 5.74) is 0.672. The Bertz CT molecular complexity index is 628. The zero-order valence-electron chi connectivity index (χ0n) is 10.2. The first-order valence-electron chi connectivity index (χ1n) is 5.23. The lowest BCUT2D eigenvalue weighted by Crippen LogP contribution is -2.29. The highest BCUT2D eigenvalue weighted by atomic mass is 35.5. The fraction of sp³-hybridized carbons (Fsp3) is 0.250. The van der Waals surface area contributed by atoms with Gasteiger partial charge in [0.2, 0.25) is 5.15 Å². The van der Waals surface area contributed by atoms with E-state index in [0.717, 1.165) is 0 Å². The number of aromatic nitrogens is 2. The minimum Gasteiger partial charge on any atom is -0.493 e. The van der Waals surface area contributed by atoms with Crippen LogP contribution in [0.3, 0.4) is 0 Å². The molecular formula is C12H12ClN2O3+. The smallest absolute Gasteiger partial charge is 0.308 e. The van der Waals surface area contributed by atoms with Crippen molar-refractivity contribution in [3.63, 3.8) is 0 Å². The van der Waals surface area contributed by atoms with Crippen molar-refractivity contribution < 1.29 is 18.8 Å². The van der Waals surface area contributed by atoms with E-state index in [0.29, 0.717) is 27.6 Å². The van der Waals surface area contributed by atoms with E-state index in [2.05, 4.69) is 4.98 Å². The molecule has 94 valence electrons. The molecule has 18 heavy (non-hydrogen) atoms. The van der Waals surface area contributed by atoms with Crippen molar-refractivity contribution >= 4 is 28.5 Å².